The standard InChI is InChI=1S/C13H14FNS/c14-11-5-3-10(4-6-11)12(7-8-15)13-2-1-9-16-13/h1-6,9,12H,7-8,15H2. The fraction of sp³-hybridized carbons (Fsp3) is 0.231. The summed E-state index contributed by atoms with van der Waals surface area (Å²) in [7, 11) is 0. The Kier molecular flexibility index (Phi) is 3.70. The zero-order valence-corrected chi connectivity index (χ0v) is 9.71. The fourth-order valence-corrected chi connectivity index (χ4v) is 2.71. The summed E-state index contributed by atoms with van der Waals surface area (Å²) in [5.74, 6) is 0.104. The first-order valence-electron chi connectivity index (χ1n) is 5.30. The third kappa shape index (κ3) is 2.49. The molecule has 0 radical (unpaired) electrons. The molecule has 3 heteroatoms. The Hall–Kier alpha value is -1.19. The molecule has 16 heavy (non-hydrogen) atoms. The molecule has 0 fully saturated rings. The number of benzene rings is 1. The van der Waals surface area contributed by atoms with E-state index in [1.807, 2.05) is 18.2 Å². The van der Waals surface area contributed by atoms with Crippen molar-refractivity contribution >= 4 is 11.3 Å². The summed E-state index contributed by atoms with van der Waals surface area (Å²) in [5, 5.41) is 2.06. The van der Waals surface area contributed by atoms with Crippen molar-refractivity contribution in [3.63, 3.8) is 0 Å². The molecule has 0 saturated carbocycles. The van der Waals surface area contributed by atoms with Gasteiger partial charge in [-0.05, 0) is 42.1 Å². The first-order chi connectivity index (χ1) is 7.81. The van der Waals surface area contributed by atoms with Crippen LogP contribution in [0.2, 0.25) is 0 Å². The fourth-order valence-electron chi connectivity index (χ4n) is 1.82. The van der Waals surface area contributed by atoms with E-state index in [1.54, 1.807) is 11.3 Å². The van der Waals surface area contributed by atoms with Gasteiger partial charge in [0.1, 0.15) is 5.82 Å². The van der Waals surface area contributed by atoms with Crippen LogP contribution in [-0.2, 0) is 0 Å². The van der Waals surface area contributed by atoms with Crippen LogP contribution in [0, 0.1) is 5.82 Å². The summed E-state index contributed by atoms with van der Waals surface area (Å²) in [6.45, 7) is 0.639. The number of thiophene rings is 1. The van der Waals surface area contributed by atoms with Gasteiger partial charge in [-0.3, -0.25) is 0 Å². The second-order valence-corrected chi connectivity index (χ2v) is 4.68. The van der Waals surface area contributed by atoms with Crippen molar-refractivity contribution in [1.82, 2.24) is 0 Å². The predicted molar refractivity (Wildman–Crippen MR) is 66.2 cm³/mol. The number of hydrogen-bond acceptors (Lipinski definition) is 2. The molecule has 1 atom stereocenters. The molecular formula is C13H14FNS. The minimum absolute atomic E-state index is 0.193. The molecule has 2 N–H and O–H groups in total. The number of halogens is 1. The zero-order chi connectivity index (χ0) is 11.4. The van der Waals surface area contributed by atoms with Crippen molar-refractivity contribution in [3.8, 4) is 0 Å². The van der Waals surface area contributed by atoms with E-state index in [9.17, 15) is 4.39 Å². The highest BCUT2D eigenvalue weighted by molar-refractivity contribution is 7.10. The Labute approximate surface area is 98.7 Å². The van der Waals surface area contributed by atoms with Crippen LogP contribution in [0.5, 0.6) is 0 Å². The van der Waals surface area contributed by atoms with Gasteiger partial charge in [-0.25, -0.2) is 4.39 Å². The molecule has 0 bridgehead atoms. The van der Waals surface area contributed by atoms with Crippen LogP contribution in [0.15, 0.2) is 41.8 Å². The van der Waals surface area contributed by atoms with Crippen molar-refractivity contribution in [2.45, 2.75) is 12.3 Å². The Morgan fingerprint density at radius 3 is 2.50 bits per heavy atom. The van der Waals surface area contributed by atoms with Crippen LogP contribution in [0.1, 0.15) is 22.8 Å². The maximum Gasteiger partial charge on any atom is 0.123 e. The van der Waals surface area contributed by atoms with Crippen molar-refractivity contribution < 1.29 is 4.39 Å². The van der Waals surface area contributed by atoms with Gasteiger partial charge >= 0.3 is 0 Å². The average Bonchev–Trinajstić information content (AvgIpc) is 2.81. The van der Waals surface area contributed by atoms with Gasteiger partial charge in [-0.15, -0.1) is 11.3 Å². The largest absolute Gasteiger partial charge is 0.330 e. The highest BCUT2D eigenvalue weighted by atomic mass is 32.1. The minimum Gasteiger partial charge on any atom is -0.330 e. The lowest BCUT2D eigenvalue weighted by Crippen LogP contribution is -2.07. The van der Waals surface area contributed by atoms with Crippen LogP contribution in [0.4, 0.5) is 4.39 Å². The van der Waals surface area contributed by atoms with Crippen molar-refractivity contribution in [2.75, 3.05) is 6.54 Å². The average molecular weight is 235 g/mol. The molecule has 1 aromatic heterocycles. The number of nitrogens with two attached hydrogens (primary N) is 1. The summed E-state index contributed by atoms with van der Waals surface area (Å²) in [4.78, 5) is 1.29. The summed E-state index contributed by atoms with van der Waals surface area (Å²) in [5.41, 5.74) is 6.77. The van der Waals surface area contributed by atoms with Gasteiger partial charge in [0, 0.05) is 10.8 Å². The predicted octanol–water partition coefficient (Wildman–Crippen LogP) is 3.37. The van der Waals surface area contributed by atoms with Crippen LogP contribution >= 0.6 is 11.3 Å². The van der Waals surface area contributed by atoms with Gasteiger partial charge in [0.25, 0.3) is 0 Å². The second kappa shape index (κ2) is 5.23. The van der Waals surface area contributed by atoms with Crippen LogP contribution in [-0.4, -0.2) is 6.54 Å². The highest BCUT2D eigenvalue weighted by Gasteiger charge is 2.14. The maximum atomic E-state index is 12.9. The van der Waals surface area contributed by atoms with Gasteiger partial charge in [0.2, 0.25) is 0 Å². The molecule has 2 aromatic rings. The van der Waals surface area contributed by atoms with Crippen LogP contribution in [0.3, 0.4) is 0 Å². The second-order valence-electron chi connectivity index (χ2n) is 3.70. The van der Waals surface area contributed by atoms with E-state index in [0.717, 1.165) is 12.0 Å². The molecule has 1 unspecified atom stereocenters. The first kappa shape index (κ1) is 11.3. The lowest BCUT2D eigenvalue weighted by molar-refractivity contribution is 0.625. The monoisotopic (exact) mass is 235 g/mol. The van der Waals surface area contributed by atoms with Gasteiger partial charge in [0.05, 0.1) is 0 Å². The summed E-state index contributed by atoms with van der Waals surface area (Å²) < 4.78 is 12.9. The van der Waals surface area contributed by atoms with E-state index in [2.05, 4.69) is 11.4 Å². The van der Waals surface area contributed by atoms with Gasteiger partial charge in [-0.1, -0.05) is 18.2 Å². The van der Waals surface area contributed by atoms with E-state index < -0.39 is 0 Å². The van der Waals surface area contributed by atoms with Crippen LogP contribution in [0.25, 0.3) is 0 Å². The quantitative estimate of drug-likeness (QED) is 0.864. The van der Waals surface area contributed by atoms with E-state index in [1.165, 1.54) is 17.0 Å². The molecule has 0 aliphatic rings. The molecule has 1 aromatic carbocycles. The Bertz CT molecular complexity index is 422. The van der Waals surface area contributed by atoms with Crippen molar-refractivity contribution in [1.29, 1.82) is 0 Å². The summed E-state index contributed by atoms with van der Waals surface area (Å²) in [6.07, 6.45) is 0.895. The molecular weight excluding hydrogens is 221 g/mol. The Morgan fingerprint density at radius 2 is 1.94 bits per heavy atom. The minimum atomic E-state index is -0.193. The molecule has 1 nitrogen and oxygen atoms in total. The number of rotatable bonds is 4. The van der Waals surface area contributed by atoms with Crippen LogP contribution < -0.4 is 5.73 Å². The van der Waals surface area contributed by atoms with E-state index in [-0.39, 0.29) is 5.82 Å². The Balaban J connectivity index is 2.29. The van der Waals surface area contributed by atoms with Gasteiger partial charge in [0.15, 0.2) is 0 Å². The SMILES string of the molecule is NCCC(c1ccc(F)cc1)c1cccs1. The third-order valence-corrected chi connectivity index (χ3v) is 3.60. The first-order valence-corrected chi connectivity index (χ1v) is 6.18. The van der Waals surface area contributed by atoms with E-state index in [4.69, 9.17) is 5.73 Å². The summed E-state index contributed by atoms with van der Waals surface area (Å²) in [6, 6.07) is 10.8. The van der Waals surface area contributed by atoms with Gasteiger partial charge < -0.3 is 5.73 Å². The lowest BCUT2D eigenvalue weighted by Gasteiger charge is -2.14. The molecule has 0 spiro atoms. The Morgan fingerprint density at radius 1 is 1.19 bits per heavy atom. The third-order valence-electron chi connectivity index (χ3n) is 2.61. The van der Waals surface area contributed by atoms with E-state index >= 15 is 0 Å². The van der Waals surface area contributed by atoms with Crippen molar-refractivity contribution in [3.05, 3.63) is 58.0 Å². The van der Waals surface area contributed by atoms with Crippen molar-refractivity contribution in [2.24, 2.45) is 5.73 Å². The normalized spacial score (nSPS) is 12.6. The lowest BCUT2D eigenvalue weighted by atomic mass is 9.94. The molecule has 2 rings (SSSR count). The molecule has 0 saturated heterocycles. The smallest absolute Gasteiger partial charge is 0.123 e. The topological polar surface area (TPSA) is 26.0 Å². The highest BCUT2D eigenvalue weighted by Crippen LogP contribution is 2.30. The maximum absolute atomic E-state index is 12.9. The molecule has 0 aliphatic heterocycles. The summed E-state index contributed by atoms with van der Waals surface area (Å²) >= 11 is 1.72. The number of hydrogen-bond donors (Lipinski definition) is 1. The molecule has 1 heterocycles. The molecule has 84 valence electrons. The molecule has 0 aliphatic carbocycles. The molecule has 0 amide bonds. The van der Waals surface area contributed by atoms with Gasteiger partial charge in [-0.2, -0.15) is 0 Å². The zero-order valence-electron chi connectivity index (χ0n) is 8.90. The van der Waals surface area contributed by atoms with E-state index in [0.29, 0.717) is 12.5 Å².